The highest BCUT2D eigenvalue weighted by atomic mass is 16.4. The number of carboxylic acid groups (broad SMARTS) is 1. The summed E-state index contributed by atoms with van der Waals surface area (Å²) in [7, 11) is 0. The maximum Gasteiger partial charge on any atom is 0.328 e. The third-order valence-corrected chi connectivity index (χ3v) is 4.67. The molecule has 1 aliphatic heterocycles. The van der Waals surface area contributed by atoms with Crippen molar-refractivity contribution in [2.24, 2.45) is 0 Å². The zero-order valence-corrected chi connectivity index (χ0v) is 14.6. The van der Waals surface area contributed by atoms with Gasteiger partial charge in [0.05, 0.1) is 13.1 Å². The second-order valence-electron chi connectivity index (χ2n) is 6.31. The van der Waals surface area contributed by atoms with Crippen LogP contribution in [0.1, 0.15) is 43.8 Å². The number of fused-ring (bicyclic) bond motifs is 1. The van der Waals surface area contributed by atoms with Crippen molar-refractivity contribution in [2.45, 2.75) is 58.8 Å². The van der Waals surface area contributed by atoms with Crippen LogP contribution in [0, 0.1) is 6.92 Å². The molecule has 3 heterocycles. The summed E-state index contributed by atoms with van der Waals surface area (Å²) >= 11 is 0. The topological polar surface area (TPSA) is 106 Å². The van der Waals surface area contributed by atoms with Crippen molar-refractivity contribution in [3.8, 4) is 0 Å². The molecule has 1 N–H and O–H groups in total. The Morgan fingerprint density at radius 3 is 2.84 bits per heavy atom. The minimum atomic E-state index is -1.02. The third kappa shape index (κ3) is 3.13. The van der Waals surface area contributed by atoms with Crippen LogP contribution in [0.5, 0.6) is 0 Å². The number of rotatable bonds is 5. The molecule has 2 atom stereocenters. The lowest BCUT2D eigenvalue weighted by atomic mass is 10.1. The summed E-state index contributed by atoms with van der Waals surface area (Å²) in [6.45, 7) is 6.06. The van der Waals surface area contributed by atoms with E-state index >= 15 is 0 Å². The maximum atomic E-state index is 12.8. The molecule has 2 aromatic heterocycles. The van der Waals surface area contributed by atoms with Gasteiger partial charge in [-0.1, -0.05) is 6.92 Å². The van der Waals surface area contributed by atoms with Crippen LogP contribution < -0.4 is 0 Å². The Labute approximate surface area is 145 Å². The minimum Gasteiger partial charge on any atom is -0.480 e. The molecule has 2 aromatic rings. The summed E-state index contributed by atoms with van der Waals surface area (Å²) in [5, 5.41) is 17.6. The van der Waals surface area contributed by atoms with Crippen molar-refractivity contribution in [1.82, 2.24) is 29.2 Å². The van der Waals surface area contributed by atoms with E-state index in [9.17, 15) is 14.7 Å². The van der Waals surface area contributed by atoms with Crippen molar-refractivity contribution >= 4 is 11.9 Å². The van der Waals surface area contributed by atoms with E-state index < -0.39 is 12.0 Å². The SMILES string of the molecule is CCc1nccn1C(C)CC(=O)N1Cc2nnc(C)n2CC1C(=O)O. The number of carbonyl (C=O) groups excluding carboxylic acids is 1. The van der Waals surface area contributed by atoms with E-state index in [-0.39, 0.29) is 31.5 Å². The summed E-state index contributed by atoms with van der Waals surface area (Å²) in [5.41, 5.74) is 0. The van der Waals surface area contributed by atoms with Gasteiger partial charge in [-0.15, -0.1) is 10.2 Å². The molecule has 0 saturated carbocycles. The molecular formula is C16H22N6O3. The maximum absolute atomic E-state index is 12.8. The second kappa shape index (κ2) is 6.66. The van der Waals surface area contributed by atoms with Gasteiger partial charge in [0.15, 0.2) is 5.82 Å². The fraction of sp³-hybridized carbons (Fsp3) is 0.562. The monoisotopic (exact) mass is 346 g/mol. The van der Waals surface area contributed by atoms with Gasteiger partial charge in [0, 0.05) is 31.3 Å². The van der Waals surface area contributed by atoms with Gasteiger partial charge in [-0.25, -0.2) is 9.78 Å². The van der Waals surface area contributed by atoms with E-state index in [0.29, 0.717) is 11.6 Å². The van der Waals surface area contributed by atoms with Crippen LogP contribution >= 0.6 is 0 Å². The molecule has 25 heavy (non-hydrogen) atoms. The number of carboxylic acids is 1. The van der Waals surface area contributed by atoms with E-state index in [1.807, 2.05) is 24.6 Å². The Kier molecular flexibility index (Phi) is 4.56. The first kappa shape index (κ1) is 17.1. The molecule has 1 aliphatic rings. The molecule has 3 rings (SSSR count). The molecule has 0 fully saturated rings. The fourth-order valence-corrected chi connectivity index (χ4v) is 3.27. The highest BCUT2D eigenvalue weighted by Crippen LogP contribution is 2.22. The van der Waals surface area contributed by atoms with Crippen molar-refractivity contribution in [3.05, 3.63) is 29.9 Å². The van der Waals surface area contributed by atoms with Crippen LogP contribution in [-0.2, 0) is 29.1 Å². The lowest BCUT2D eigenvalue weighted by Crippen LogP contribution is -2.51. The Morgan fingerprint density at radius 2 is 2.16 bits per heavy atom. The molecule has 0 aromatic carbocycles. The normalized spacial score (nSPS) is 18.0. The van der Waals surface area contributed by atoms with Crippen LogP contribution in [0.2, 0.25) is 0 Å². The molecule has 0 spiro atoms. The molecule has 9 heteroatoms. The van der Waals surface area contributed by atoms with Gasteiger partial charge in [0.2, 0.25) is 5.91 Å². The average molecular weight is 346 g/mol. The molecule has 2 unspecified atom stereocenters. The Hall–Kier alpha value is -2.71. The standard InChI is InChI=1S/C16H22N6O3/c1-4-13-17-5-6-20(13)10(2)7-15(23)22-9-14-19-18-11(3)21(14)8-12(22)16(24)25/h5-6,10,12H,4,7-9H2,1-3H3,(H,24,25). The van der Waals surface area contributed by atoms with Crippen molar-refractivity contribution in [2.75, 3.05) is 0 Å². The molecule has 9 nitrogen and oxygen atoms in total. The van der Waals surface area contributed by atoms with Crippen LogP contribution in [0.4, 0.5) is 0 Å². The van der Waals surface area contributed by atoms with Gasteiger partial charge in [0.25, 0.3) is 0 Å². The van der Waals surface area contributed by atoms with Gasteiger partial charge in [-0.05, 0) is 13.8 Å². The van der Waals surface area contributed by atoms with Gasteiger partial charge in [0.1, 0.15) is 17.7 Å². The van der Waals surface area contributed by atoms with E-state index in [0.717, 1.165) is 12.2 Å². The Morgan fingerprint density at radius 1 is 1.40 bits per heavy atom. The number of carbonyl (C=O) groups is 2. The van der Waals surface area contributed by atoms with Crippen LogP contribution in [0.15, 0.2) is 12.4 Å². The summed E-state index contributed by atoms with van der Waals surface area (Å²) in [6, 6.07) is -1.00. The first-order valence-electron chi connectivity index (χ1n) is 8.35. The van der Waals surface area contributed by atoms with Gasteiger partial charge in [-0.3, -0.25) is 4.79 Å². The van der Waals surface area contributed by atoms with Crippen molar-refractivity contribution in [1.29, 1.82) is 0 Å². The molecule has 1 amide bonds. The number of hydrogen-bond donors (Lipinski definition) is 1. The molecule has 0 aliphatic carbocycles. The summed E-state index contributed by atoms with van der Waals surface area (Å²) in [5.74, 6) is 0.962. The highest BCUT2D eigenvalue weighted by Gasteiger charge is 2.36. The first-order valence-corrected chi connectivity index (χ1v) is 8.35. The Bertz CT molecular complexity index is 796. The van der Waals surface area contributed by atoms with Crippen LogP contribution in [0.3, 0.4) is 0 Å². The molecule has 0 saturated heterocycles. The smallest absolute Gasteiger partial charge is 0.328 e. The van der Waals surface area contributed by atoms with E-state index in [1.165, 1.54) is 4.90 Å². The average Bonchev–Trinajstić information content (AvgIpc) is 3.20. The zero-order valence-electron chi connectivity index (χ0n) is 14.6. The number of aromatic nitrogens is 5. The fourth-order valence-electron chi connectivity index (χ4n) is 3.27. The predicted octanol–water partition coefficient (Wildman–Crippen LogP) is 0.792. The molecule has 0 radical (unpaired) electrons. The molecular weight excluding hydrogens is 324 g/mol. The van der Waals surface area contributed by atoms with Crippen molar-refractivity contribution in [3.63, 3.8) is 0 Å². The lowest BCUT2D eigenvalue weighted by molar-refractivity contribution is -0.153. The van der Waals surface area contributed by atoms with Crippen LogP contribution in [-0.4, -0.2) is 52.2 Å². The van der Waals surface area contributed by atoms with E-state index in [1.54, 1.807) is 17.7 Å². The zero-order chi connectivity index (χ0) is 18.1. The summed E-state index contributed by atoms with van der Waals surface area (Å²) in [4.78, 5) is 30.1. The number of nitrogens with zero attached hydrogens (tertiary/aromatic N) is 6. The molecule has 0 bridgehead atoms. The number of aliphatic carboxylic acids is 1. The third-order valence-electron chi connectivity index (χ3n) is 4.67. The number of imidazole rings is 1. The number of hydrogen-bond acceptors (Lipinski definition) is 5. The minimum absolute atomic E-state index is 0.0964. The van der Waals surface area contributed by atoms with Gasteiger partial charge >= 0.3 is 5.97 Å². The van der Waals surface area contributed by atoms with Crippen molar-refractivity contribution < 1.29 is 14.7 Å². The van der Waals surface area contributed by atoms with Gasteiger partial charge < -0.3 is 19.1 Å². The summed E-state index contributed by atoms with van der Waals surface area (Å²) < 4.78 is 3.72. The van der Waals surface area contributed by atoms with Gasteiger partial charge in [-0.2, -0.15) is 0 Å². The number of amides is 1. The van der Waals surface area contributed by atoms with E-state index in [2.05, 4.69) is 15.2 Å². The number of aryl methyl sites for hydroxylation is 2. The molecule has 134 valence electrons. The highest BCUT2D eigenvalue weighted by molar-refractivity contribution is 5.84. The van der Waals surface area contributed by atoms with Crippen LogP contribution in [0.25, 0.3) is 0 Å². The second-order valence-corrected chi connectivity index (χ2v) is 6.31. The first-order chi connectivity index (χ1) is 11.9. The largest absolute Gasteiger partial charge is 0.480 e. The summed E-state index contributed by atoms with van der Waals surface area (Å²) in [6.07, 6.45) is 4.54. The lowest BCUT2D eigenvalue weighted by Gasteiger charge is -2.34. The quantitative estimate of drug-likeness (QED) is 0.858. The Balaban J connectivity index is 1.79. The predicted molar refractivity (Wildman–Crippen MR) is 87.7 cm³/mol. The van der Waals surface area contributed by atoms with E-state index in [4.69, 9.17) is 0 Å².